The van der Waals surface area contributed by atoms with Crippen LogP contribution in [0.1, 0.15) is 37.5 Å². The molecule has 0 radical (unpaired) electrons. The second-order valence-electron chi connectivity index (χ2n) is 7.80. The van der Waals surface area contributed by atoms with Crippen LogP contribution in [-0.2, 0) is 5.41 Å². The predicted octanol–water partition coefficient (Wildman–Crippen LogP) is 3.79. The van der Waals surface area contributed by atoms with Gasteiger partial charge >= 0.3 is 0 Å². The summed E-state index contributed by atoms with van der Waals surface area (Å²) in [5, 5.41) is 4.34. The molecule has 0 amide bonds. The Morgan fingerprint density at radius 1 is 0.913 bits per heavy atom. The summed E-state index contributed by atoms with van der Waals surface area (Å²) in [6, 6.07) is 15.8. The van der Waals surface area contributed by atoms with Gasteiger partial charge in [0, 0.05) is 8.41 Å². The molecule has 1 aliphatic carbocycles. The van der Waals surface area contributed by atoms with Gasteiger partial charge in [0.2, 0.25) is 0 Å². The first-order valence-electron chi connectivity index (χ1n) is 8.39. The van der Waals surface area contributed by atoms with Crippen LogP contribution in [0.25, 0.3) is 11.6 Å². The summed E-state index contributed by atoms with van der Waals surface area (Å²) in [5.74, 6) is 0. The monoisotopic (exact) mass is 318 g/mol. The fourth-order valence-corrected chi connectivity index (χ4v) is 4.53. The average Bonchev–Trinajstić information content (AvgIpc) is 2.86. The van der Waals surface area contributed by atoms with Crippen molar-refractivity contribution in [3.63, 3.8) is 0 Å². The van der Waals surface area contributed by atoms with Gasteiger partial charge in [-0.2, -0.15) is 0 Å². The Morgan fingerprint density at radius 2 is 1.61 bits per heavy atom. The number of fused-ring (bicyclic) bond motifs is 1. The highest BCUT2D eigenvalue weighted by Crippen LogP contribution is 2.27. The maximum atomic E-state index is 2.41. The van der Waals surface area contributed by atoms with Crippen molar-refractivity contribution in [3.05, 3.63) is 69.6 Å². The van der Waals surface area contributed by atoms with Gasteiger partial charge in [-0.1, -0.05) is 82.4 Å². The molecule has 0 bridgehead atoms. The highest BCUT2D eigenvalue weighted by Gasteiger charge is 2.19. The van der Waals surface area contributed by atoms with Gasteiger partial charge in [-0.3, -0.25) is 0 Å². The van der Waals surface area contributed by atoms with Gasteiger partial charge in [0.15, 0.2) is 0 Å². The van der Waals surface area contributed by atoms with E-state index in [1.807, 2.05) is 0 Å². The summed E-state index contributed by atoms with van der Waals surface area (Å²) in [6.45, 7) is 13.9. The zero-order valence-electron chi connectivity index (χ0n) is 15.1. The van der Waals surface area contributed by atoms with Crippen molar-refractivity contribution in [2.75, 3.05) is 0 Å². The van der Waals surface area contributed by atoms with Gasteiger partial charge in [-0.05, 0) is 50.2 Å². The van der Waals surface area contributed by atoms with E-state index in [1.165, 1.54) is 32.7 Å². The fourth-order valence-electron chi connectivity index (χ4n) is 3.32. The Balaban J connectivity index is 2.30. The van der Waals surface area contributed by atoms with E-state index >= 15 is 0 Å². The minimum atomic E-state index is -0.504. The summed E-state index contributed by atoms with van der Waals surface area (Å²) in [4.78, 5) is 0. The van der Waals surface area contributed by atoms with Crippen LogP contribution in [0.15, 0.2) is 42.5 Å². The molecule has 0 saturated carbocycles. The summed E-state index contributed by atoms with van der Waals surface area (Å²) < 4.78 is 0. The maximum Gasteiger partial charge on any atom is 0.0137 e. The van der Waals surface area contributed by atoms with E-state index in [0.717, 1.165) is 0 Å². The molecule has 23 heavy (non-hydrogen) atoms. The standard InChI is InChI=1S/C22H26Si/c1-15-13-17(22(2,3)4)11-12-18(15)21-19-10-8-7-9-16(19)14-20(21)23(5)6/h7-14H,1-6H3. The lowest BCUT2D eigenvalue weighted by Gasteiger charge is -2.21. The second kappa shape index (κ2) is 5.72. The number of aryl methyl sites for hydroxylation is 1. The third-order valence-electron chi connectivity index (χ3n) is 4.70. The van der Waals surface area contributed by atoms with Crippen molar-refractivity contribution < 1.29 is 0 Å². The third kappa shape index (κ3) is 2.90. The molecule has 0 aromatic heterocycles. The summed E-state index contributed by atoms with van der Waals surface area (Å²) in [7, 11) is -0.504. The third-order valence-corrected chi connectivity index (χ3v) is 6.17. The number of benzene rings is 2. The first-order chi connectivity index (χ1) is 10.8. The van der Waals surface area contributed by atoms with Crippen molar-refractivity contribution in [3.8, 4) is 0 Å². The van der Waals surface area contributed by atoms with Gasteiger partial charge in [0.1, 0.15) is 0 Å². The highest BCUT2D eigenvalue weighted by atomic mass is 28.2. The van der Waals surface area contributed by atoms with E-state index in [1.54, 1.807) is 5.17 Å². The van der Waals surface area contributed by atoms with Crippen LogP contribution in [-0.4, -0.2) is 13.6 Å². The Bertz CT molecular complexity index is 917. The molecular weight excluding hydrogens is 292 g/mol. The molecule has 2 aromatic carbocycles. The van der Waals surface area contributed by atoms with E-state index in [9.17, 15) is 0 Å². The molecule has 3 rings (SSSR count). The van der Waals surface area contributed by atoms with Crippen LogP contribution in [0.2, 0.25) is 13.1 Å². The van der Waals surface area contributed by atoms with Gasteiger partial charge in [-0.25, -0.2) is 0 Å². The van der Waals surface area contributed by atoms with Gasteiger partial charge < -0.3 is 0 Å². The topological polar surface area (TPSA) is 0 Å². The van der Waals surface area contributed by atoms with Crippen molar-refractivity contribution in [1.29, 1.82) is 0 Å². The van der Waals surface area contributed by atoms with E-state index < -0.39 is 8.41 Å². The Labute approximate surface area is 141 Å². The molecule has 0 N–H and O–H groups in total. The Morgan fingerprint density at radius 3 is 2.22 bits per heavy atom. The number of hydrogen-bond donors (Lipinski definition) is 0. The minimum absolute atomic E-state index is 0.199. The maximum absolute atomic E-state index is 2.41. The predicted molar refractivity (Wildman–Crippen MR) is 105 cm³/mol. The molecule has 0 aliphatic heterocycles. The average molecular weight is 319 g/mol. The molecule has 0 nitrogen and oxygen atoms in total. The summed E-state index contributed by atoms with van der Waals surface area (Å²) >= 11 is 0. The minimum Gasteiger partial charge on any atom is -0.0616 e. The van der Waals surface area contributed by atoms with Crippen LogP contribution in [0.4, 0.5) is 0 Å². The zero-order chi connectivity index (χ0) is 16.8. The molecule has 1 heteroatoms. The second-order valence-corrected chi connectivity index (χ2v) is 10.3. The first kappa shape index (κ1) is 16.1. The van der Waals surface area contributed by atoms with Crippen molar-refractivity contribution in [1.82, 2.24) is 0 Å². The molecule has 2 aromatic rings. The molecule has 0 fully saturated rings. The summed E-state index contributed by atoms with van der Waals surface area (Å²) in [5.41, 5.74) is 5.87. The number of rotatable bonds is 1. The first-order valence-corrected chi connectivity index (χ1v) is 10.9. The lowest BCUT2D eigenvalue weighted by molar-refractivity contribution is 0.589. The highest BCUT2D eigenvalue weighted by molar-refractivity contribution is 6.82. The van der Waals surface area contributed by atoms with Crippen molar-refractivity contribution >= 4 is 25.2 Å². The van der Waals surface area contributed by atoms with Crippen LogP contribution in [0.3, 0.4) is 0 Å². The van der Waals surface area contributed by atoms with Gasteiger partial charge in [0.25, 0.3) is 0 Å². The molecule has 118 valence electrons. The smallest absolute Gasteiger partial charge is 0.0137 e. The van der Waals surface area contributed by atoms with Gasteiger partial charge in [-0.15, -0.1) is 0 Å². The molecule has 0 atom stereocenters. The number of hydrogen-bond acceptors (Lipinski definition) is 0. The largest absolute Gasteiger partial charge is 0.0616 e. The fraction of sp³-hybridized carbons (Fsp3) is 0.318. The Hall–Kier alpha value is -1.73. The lowest BCUT2D eigenvalue weighted by Crippen LogP contribution is -2.23. The molecule has 0 spiro atoms. The summed E-state index contributed by atoms with van der Waals surface area (Å²) in [6.07, 6.45) is 2.41. The van der Waals surface area contributed by atoms with Crippen LogP contribution in [0, 0.1) is 6.92 Å². The molecule has 0 heterocycles. The van der Waals surface area contributed by atoms with E-state index in [4.69, 9.17) is 0 Å². The van der Waals surface area contributed by atoms with Crippen LogP contribution < -0.4 is 10.4 Å². The zero-order valence-corrected chi connectivity index (χ0v) is 16.1. The van der Waals surface area contributed by atoms with Gasteiger partial charge in [0.05, 0.1) is 0 Å². The van der Waals surface area contributed by atoms with Crippen LogP contribution in [0.5, 0.6) is 0 Å². The van der Waals surface area contributed by atoms with Crippen molar-refractivity contribution in [2.45, 2.75) is 46.2 Å². The Kier molecular flexibility index (Phi) is 4.01. The van der Waals surface area contributed by atoms with Crippen molar-refractivity contribution in [2.24, 2.45) is 0 Å². The normalized spacial score (nSPS) is 13.8. The molecule has 0 saturated heterocycles. The van der Waals surface area contributed by atoms with E-state index in [-0.39, 0.29) is 5.41 Å². The molecular formula is C22H26Si. The van der Waals surface area contributed by atoms with E-state index in [2.05, 4.69) is 89.3 Å². The quantitative estimate of drug-likeness (QED) is 0.702. The van der Waals surface area contributed by atoms with Crippen LogP contribution >= 0.6 is 0 Å². The molecule has 1 aliphatic rings. The van der Waals surface area contributed by atoms with E-state index in [0.29, 0.717) is 0 Å². The SMILES string of the molecule is Cc1cc(C(C)(C)C)ccc1C1=c2ccccc2=CC1=[Si](C)C. The molecule has 0 unspecified atom stereocenters. The lowest BCUT2D eigenvalue weighted by atomic mass is 9.84.